The fourth-order valence-electron chi connectivity index (χ4n) is 9.10. The maximum Gasteiger partial charge on any atom is -0.000430 e. The van der Waals surface area contributed by atoms with Crippen molar-refractivity contribution in [1.82, 2.24) is 0 Å². The van der Waals surface area contributed by atoms with E-state index in [0.717, 1.165) is 0 Å². The Bertz CT molecular complexity index is 3040. The molecule has 0 saturated carbocycles. The van der Waals surface area contributed by atoms with Crippen molar-refractivity contribution in [1.29, 1.82) is 0 Å². The van der Waals surface area contributed by atoms with Crippen molar-refractivity contribution >= 4 is 86.2 Å². The monoisotopic (exact) mass is 592 g/mol. The van der Waals surface area contributed by atoms with Gasteiger partial charge in [0.15, 0.2) is 0 Å². The summed E-state index contributed by atoms with van der Waals surface area (Å²) in [7, 11) is 0. The number of rotatable bonds is 2. The van der Waals surface area contributed by atoms with Gasteiger partial charge in [-0.3, -0.25) is 0 Å². The van der Waals surface area contributed by atoms with Crippen molar-refractivity contribution in [2.24, 2.45) is 0 Å². The highest BCUT2D eigenvalue weighted by Gasteiger charge is 2.27. The highest BCUT2D eigenvalue weighted by Crippen LogP contribution is 2.55. The number of hydrogen-bond acceptors (Lipinski definition) is 0. The minimum absolute atomic E-state index is 1.26. The summed E-state index contributed by atoms with van der Waals surface area (Å²) in [6.07, 6.45) is 0. The fourth-order valence-corrected chi connectivity index (χ4v) is 9.10. The molecule has 0 saturated heterocycles. The summed E-state index contributed by atoms with van der Waals surface area (Å²) in [6, 6.07) is 56.6. The molecule has 0 spiro atoms. The zero-order chi connectivity index (χ0) is 30.8. The molecule has 0 aliphatic carbocycles. The normalized spacial score (nSPS) is 12.4. The SMILES string of the molecule is Cc1c2ccccc2c2cccc3c4c(-c5ccccc5)c5cc6c7ccccc7c7cccc(c5c(-c5ccccc5)c4c1c23)c76. The van der Waals surface area contributed by atoms with E-state index in [2.05, 4.69) is 159 Å². The second kappa shape index (κ2) is 9.06. The van der Waals surface area contributed by atoms with Crippen LogP contribution in [0.25, 0.3) is 108 Å². The fraction of sp³-hybridized carbons (Fsp3) is 0.0213. The molecule has 216 valence electrons. The van der Waals surface area contributed by atoms with Crippen molar-refractivity contribution in [3.63, 3.8) is 0 Å². The molecular weight excluding hydrogens is 565 g/mol. The van der Waals surface area contributed by atoms with Gasteiger partial charge in [0.1, 0.15) is 0 Å². The average molecular weight is 593 g/mol. The van der Waals surface area contributed by atoms with Crippen molar-refractivity contribution in [3.05, 3.63) is 157 Å². The van der Waals surface area contributed by atoms with Gasteiger partial charge in [-0.1, -0.05) is 146 Å². The molecule has 0 atom stereocenters. The molecule has 11 rings (SSSR count). The third-order valence-electron chi connectivity index (χ3n) is 10.9. The lowest BCUT2D eigenvalue weighted by atomic mass is 9.83. The summed E-state index contributed by atoms with van der Waals surface area (Å²) in [6.45, 7) is 2.34. The van der Waals surface area contributed by atoms with Crippen LogP contribution in [-0.2, 0) is 0 Å². The number of hydrogen-bond donors (Lipinski definition) is 0. The zero-order valence-corrected chi connectivity index (χ0v) is 25.9. The van der Waals surface area contributed by atoms with Crippen LogP contribution in [-0.4, -0.2) is 0 Å². The molecule has 0 bridgehead atoms. The lowest BCUT2D eigenvalue weighted by Gasteiger charge is -2.19. The second-order valence-corrected chi connectivity index (χ2v) is 13.1. The third kappa shape index (κ3) is 3.13. The zero-order valence-electron chi connectivity index (χ0n) is 25.9. The molecule has 11 aromatic carbocycles. The molecule has 0 unspecified atom stereocenters. The molecule has 0 nitrogen and oxygen atoms in total. The van der Waals surface area contributed by atoms with Crippen LogP contribution < -0.4 is 0 Å². The van der Waals surface area contributed by atoms with Crippen molar-refractivity contribution in [2.75, 3.05) is 0 Å². The van der Waals surface area contributed by atoms with E-state index in [1.807, 2.05) is 0 Å². The molecule has 0 N–H and O–H groups in total. The standard InChI is InChI=1S/C47H28/c1-27-30-18-8-9-19-31(30)35-23-13-25-37-44(35)40(27)47-42(29-16-6-3-7-17-29)45-36-24-12-22-34-32-20-10-11-21-33(32)38(43(34)36)26-39(45)41(46(37)47)28-14-4-2-5-15-28/h2-26H,1H3. The van der Waals surface area contributed by atoms with Gasteiger partial charge in [0.2, 0.25) is 0 Å². The van der Waals surface area contributed by atoms with Gasteiger partial charge in [-0.2, -0.15) is 0 Å². The molecule has 0 heteroatoms. The maximum absolute atomic E-state index is 2.52. The largest absolute Gasteiger partial charge is 0.0622 e. The van der Waals surface area contributed by atoms with Crippen LogP contribution in [0.2, 0.25) is 0 Å². The van der Waals surface area contributed by atoms with Crippen LogP contribution in [0, 0.1) is 6.92 Å². The average Bonchev–Trinajstić information content (AvgIpc) is 3.65. The van der Waals surface area contributed by atoms with Crippen molar-refractivity contribution < 1.29 is 0 Å². The summed E-state index contributed by atoms with van der Waals surface area (Å²) in [5, 5.41) is 21.5. The van der Waals surface area contributed by atoms with Gasteiger partial charge in [0, 0.05) is 0 Å². The van der Waals surface area contributed by atoms with E-state index in [-0.39, 0.29) is 0 Å². The van der Waals surface area contributed by atoms with Crippen molar-refractivity contribution in [2.45, 2.75) is 6.92 Å². The summed E-state index contributed by atoms with van der Waals surface area (Å²) >= 11 is 0. The van der Waals surface area contributed by atoms with E-state index in [4.69, 9.17) is 0 Å². The molecule has 0 amide bonds. The second-order valence-electron chi connectivity index (χ2n) is 13.1. The Morgan fingerprint density at radius 1 is 0.255 bits per heavy atom. The molecule has 47 heavy (non-hydrogen) atoms. The lowest BCUT2D eigenvalue weighted by Crippen LogP contribution is -1.91. The number of aryl methyl sites for hydroxylation is 1. The summed E-state index contributed by atoms with van der Waals surface area (Å²) in [4.78, 5) is 0. The van der Waals surface area contributed by atoms with Crippen LogP contribution in [0.3, 0.4) is 0 Å². The molecule has 0 aliphatic heterocycles. The van der Waals surface area contributed by atoms with Gasteiger partial charge in [0.25, 0.3) is 0 Å². The van der Waals surface area contributed by atoms with Gasteiger partial charge in [-0.05, 0) is 127 Å². The van der Waals surface area contributed by atoms with E-state index in [0.29, 0.717) is 0 Å². The van der Waals surface area contributed by atoms with Crippen LogP contribution >= 0.6 is 0 Å². The van der Waals surface area contributed by atoms with Gasteiger partial charge < -0.3 is 0 Å². The molecule has 11 aromatic rings. The minimum Gasteiger partial charge on any atom is -0.0622 e. The summed E-state index contributed by atoms with van der Waals surface area (Å²) < 4.78 is 0. The Kier molecular flexibility index (Phi) is 4.86. The number of benzene rings is 9. The smallest absolute Gasteiger partial charge is 0.000430 e. The molecule has 0 fully saturated rings. The van der Waals surface area contributed by atoms with E-state index < -0.39 is 0 Å². The first kappa shape index (κ1) is 25.2. The Balaban J connectivity index is 1.56. The first-order valence-electron chi connectivity index (χ1n) is 16.5. The highest BCUT2D eigenvalue weighted by molar-refractivity contribution is 6.46. The Morgan fingerprint density at radius 3 is 1.38 bits per heavy atom. The minimum atomic E-state index is 1.26. The summed E-state index contributed by atoms with van der Waals surface area (Å²) in [5.41, 5.74) is 6.54. The van der Waals surface area contributed by atoms with Crippen molar-refractivity contribution in [3.8, 4) is 22.3 Å². The predicted octanol–water partition coefficient (Wildman–Crippen LogP) is 13.4. The Morgan fingerprint density at radius 2 is 0.723 bits per heavy atom. The van der Waals surface area contributed by atoms with E-state index in [9.17, 15) is 0 Å². The third-order valence-corrected chi connectivity index (χ3v) is 10.9. The molecule has 0 aromatic heterocycles. The number of fused-ring (bicyclic) bond motifs is 10. The van der Waals surface area contributed by atoms with Crippen LogP contribution in [0.1, 0.15) is 5.56 Å². The lowest BCUT2D eigenvalue weighted by molar-refractivity contribution is 1.61. The first-order valence-corrected chi connectivity index (χ1v) is 16.5. The Hall–Kier alpha value is -5.98. The van der Waals surface area contributed by atoms with Crippen LogP contribution in [0.4, 0.5) is 0 Å². The predicted molar refractivity (Wildman–Crippen MR) is 204 cm³/mol. The molecular formula is C47H28. The van der Waals surface area contributed by atoms with Gasteiger partial charge in [-0.25, -0.2) is 0 Å². The topological polar surface area (TPSA) is 0 Å². The quantitative estimate of drug-likeness (QED) is 0.175. The van der Waals surface area contributed by atoms with E-state index in [1.165, 1.54) is 114 Å². The van der Waals surface area contributed by atoms with E-state index >= 15 is 0 Å². The van der Waals surface area contributed by atoms with Crippen LogP contribution in [0.5, 0.6) is 0 Å². The Labute approximate surface area is 271 Å². The van der Waals surface area contributed by atoms with E-state index in [1.54, 1.807) is 0 Å². The summed E-state index contributed by atoms with van der Waals surface area (Å²) in [5.74, 6) is 0. The molecule has 0 radical (unpaired) electrons. The highest BCUT2D eigenvalue weighted by atomic mass is 14.3. The van der Waals surface area contributed by atoms with Gasteiger partial charge in [0.05, 0.1) is 0 Å². The maximum atomic E-state index is 2.52. The first-order chi connectivity index (χ1) is 23.3. The van der Waals surface area contributed by atoms with Gasteiger partial charge in [-0.15, -0.1) is 0 Å². The van der Waals surface area contributed by atoms with Gasteiger partial charge >= 0.3 is 0 Å². The molecule has 0 heterocycles. The molecule has 0 aliphatic rings. The van der Waals surface area contributed by atoms with Crippen LogP contribution in [0.15, 0.2) is 152 Å².